The highest BCUT2D eigenvalue weighted by molar-refractivity contribution is 8.15. The van der Waals surface area contributed by atoms with Crippen LogP contribution in [0.5, 0.6) is 11.5 Å². The summed E-state index contributed by atoms with van der Waals surface area (Å²) >= 11 is 1.04. The summed E-state index contributed by atoms with van der Waals surface area (Å²) in [4.78, 5) is 34.3. The van der Waals surface area contributed by atoms with E-state index in [0.29, 0.717) is 26.1 Å². The predicted octanol–water partition coefficient (Wildman–Crippen LogP) is 6.47. The summed E-state index contributed by atoms with van der Waals surface area (Å²) in [5, 5.41) is 1.66. The molecule has 2 atom stereocenters. The topological polar surface area (TPSA) is 90.9 Å². The van der Waals surface area contributed by atoms with Crippen molar-refractivity contribution in [2.75, 3.05) is 6.61 Å². The minimum atomic E-state index is -0.381. The second-order valence-corrected chi connectivity index (χ2v) is 11.3. The lowest BCUT2D eigenvalue weighted by atomic mass is 9.90. The van der Waals surface area contributed by atoms with Crippen molar-refractivity contribution in [1.82, 2.24) is 5.32 Å². The molecule has 0 radical (unpaired) electrons. The zero-order chi connectivity index (χ0) is 28.8. The number of rotatable bonds is 11. The third kappa shape index (κ3) is 7.45. The quantitative estimate of drug-likeness (QED) is 0.268. The molecule has 40 heavy (non-hydrogen) atoms. The van der Waals surface area contributed by atoms with Crippen LogP contribution in [0, 0.1) is 20.8 Å². The number of nitrogens with one attached hydrogen (secondary N) is 1. The molecule has 1 aliphatic heterocycles. The van der Waals surface area contributed by atoms with Gasteiger partial charge in [0, 0.05) is 13.3 Å². The molecule has 0 spiro atoms. The lowest BCUT2D eigenvalue weighted by molar-refractivity contribution is -0.145. The number of hydrogen-bond donors (Lipinski definition) is 1. The largest absolute Gasteiger partial charge is 0.493 e. The van der Waals surface area contributed by atoms with Crippen molar-refractivity contribution < 1.29 is 28.6 Å². The maximum Gasteiger partial charge on any atom is 0.302 e. The van der Waals surface area contributed by atoms with Gasteiger partial charge in [-0.25, -0.2) is 0 Å². The van der Waals surface area contributed by atoms with E-state index in [1.54, 1.807) is 0 Å². The third-order valence-corrected chi connectivity index (χ3v) is 7.87. The Morgan fingerprint density at radius 1 is 0.975 bits per heavy atom. The van der Waals surface area contributed by atoms with E-state index in [4.69, 9.17) is 14.2 Å². The van der Waals surface area contributed by atoms with Gasteiger partial charge >= 0.3 is 5.97 Å². The van der Waals surface area contributed by atoms with E-state index >= 15 is 0 Å². The van der Waals surface area contributed by atoms with Crippen LogP contribution in [0.3, 0.4) is 0 Å². The molecule has 210 valence electrons. The van der Waals surface area contributed by atoms with Crippen LogP contribution in [0.4, 0.5) is 4.79 Å². The molecule has 0 aliphatic carbocycles. The van der Waals surface area contributed by atoms with Crippen molar-refractivity contribution >= 4 is 28.9 Å². The first-order valence-corrected chi connectivity index (χ1v) is 14.2. The molecule has 4 rings (SSSR count). The molecular formula is C32H35NO6S. The van der Waals surface area contributed by atoms with Crippen LogP contribution >= 0.6 is 11.8 Å². The highest BCUT2D eigenvalue weighted by atomic mass is 32.2. The van der Waals surface area contributed by atoms with Gasteiger partial charge in [-0.05, 0) is 97.3 Å². The summed E-state index contributed by atoms with van der Waals surface area (Å²) in [5.74, 6) is 1.02. The van der Waals surface area contributed by atoms with Crippen molar-refractivity contribution in [3.05, 3.63) is 82.4 Å². The minimum Gasteiger partial charge on any atom is -0.493 e. The number of hydrogen-bond acceptors (Lipinski definition) is 7. The van der Waals surface area contributed by atoms with Crippen molar-refractivity contribution in [1.29, 1.82) is 0 Å². The molecule has 1 heterocycles. The number of benzene rings is 3. The Hall–Kier alpha value is -3.78. The molecule has 3 aromatic carbocycles. The lowest BCUT2D eigenvalue weighted by Gasteiger charge is -2.18. The summed E-state index contributed by atoms with van der Waals surface area (Å²) in [6.45, 7) is 10.5. The second kappa shape index (κ2) is 13.0. The van der Waals surface area contributed by atoms with Crippen molar-refractivity contribution in [2.45, 2.75) is 65.4 Å². The summed E-state index contributed by atoms with van der Waals surface area (Å²) in [6.07, 6.45) is 0.941. The number of imide groups is 1. The van der Waals surface area contributed by atoms with Gasteiger partial charge in [0.05, 0.1) is 11.9 Å². The smallest absolute Gasteiger partial charge is 0.302 e. The fourth-order valence-electron chi connectivity index (χ4n) is 4.85. The first-order chi connectivity index (χ1) is 19.1. The summed E-state index contributed by atoms with van der Waals surface area (Å²) in [5.41, 5.74) is 7.80. The van der Waals surface area contributed by atoms with Crippen LogP contribution in [0.2, 0.25) is 0 Å². The average Bonchev–Trinajstić information content (AvgIpc) is 3.20. The Balaban J connectivity index is 1.40. The molecule has 0 bridgehead atoms. The SMILES string of the molecule is CC(=O)O[C@@H](C)CCOc1cc(C)c(-c2cccc(COc3ccc(CC4SC(=O)NC4=O)cc3)c2C)c(C)c1. The van der Waals surface area contributed by atoms with Gasteiger partial charge in [-0.3, -0.25) is 19.7 Å². The highest BCUT2D eigenvalue weighted by Crippen LogP contribution is 2.34. The first-order valence-electron chi connectivity index (χ1n) is 13.3. The van der Waals surface area contributed by atoms with Gasteiger partial charge in [0.25, 0.3) is 5.24 Å². The van der Waals surface area contributed by atoms with Crippen LogP contribution in [0.1, 0.15) is 48.1 Å². The number of carbonyl (C=O) groups is 3. The minimum absolute atomic E-state index is 0.185. The van der Waals surface area contributed by atoms with E-state index in [0.717, 1.165) is 56.6 Å². The van der Waals surface area contributed by atoms with Gasteiger partial charge in [-0.1, -0.05) is 42.1 Å². The Labute approximate surface area is 239 Å². The van der Waals surface area contributed by atoms with Gasteiger partial charge in [0.1, 0.15) is 24.2 Å². The van der Waals surface area contributed by atoms with Crippen LogP contribution in [-0.4, -0.2) is 35.1 Å². The maximum atomic E-state index is 11.8. The Morgan fingerprint density at radius 2 is 1.68 bits per heavy atom. The van der Waals surface area contributed by atoms with Crippen molar-refractivity contribution in [3.63, 3.8) is 0 Å². The van der Waals surface area contributed by atoms with Gasteiger partial charge < -0.3 is 14.2 Å². The molecule has 7 nitrogen and oxygen atoms in total. The van der Waals surface area contributed by atoms with Gasteiger partial charge in [-0.15, -0.1) is 0 Å². The Bertz CT molecular complexity index is 1380. The molecule has 1 unspecified atom stereocenters. The van der Waals surface area contributed by atoms with E-state index < -0.39 is 0 Å². The number of carbonyl (C=O) groups excluding carboxylic acids is 3. The Kier molecular flexibility index (Phi) is 9.53. The summed E-state index contributed by atoms with van der Waals surface area (Å²) in [6, 6.07) is 18.0. The molecule has 3 aromatic rings. The van der Waals surface area contributed by atoms with E-state index in [2.05, 4.69) is 44.3 Å². The molecule has 1 N–H and O–H groups in total. The van der Waals surface area contributed by atoms with Crippen molar-refractivity contribution in [2.24, 2.45) is 0 Å². The summed E-state index contributed by atoms with van der Waals surface area (Å²) in [7, 11) is 0. The van der Waals surface area contributed by atoms with E-state index in [9.17, 15) is 14.4 Å². The van der Waals surface area contributed by atoms with Crippen LogP contribution < -0.4 is 14.8 Å². The highest BCUT2D eigenvalue weighted by Gasteiger charge is 2.31. The molecule has 0 saturated carbocycles. The standard InChI is InChI=1S/C32H35NO6S/c1-19-15-27(37-14-13-21(3)39-23(5)34)16-20(2)30(19)28-8-6-7-25(22(28)4)18-38-26-11-9-24(10-12-26)17-29-31(35)33-32(36)40-29/h6-12,15-16,21,29H,13-14,17-18H2,1-5H3,(H,33,35,36)/t21-,29?/m0/s1. The monoisotopic (exact) mass is 561 g/mol. The van der Waals surface area contributed by atoms with Crippen molar-refractivity contribution in [3.8, 4) is 22.6 Å². The molecule has 2 amide bonds. The summed E-state index contributed by atoms with van der Waals surface area (Å²) < 4.78 is 17.2. The van der Waals surface area contributed by atoms with Crippen LogP contribution in [0.15, 0.2) is 54.6 Å². The number of amides is 2. The molecule has 1 fully saturated rings. The zero-order valence-electron chi connectivity index (χ0n) is 23.5. The number of esters is 1. The first kappa shape index (κ1) is 29.2. The van der Waals surface area contributed by atoms with E-state index in [1.807, 2.05) is 43.3 Å². The molecular weight excluding hydrogens is 526 g/mol. The second-order valence-electron chi connectivity index (χ2n) is 10.1. The predicted molar refractivity (Wildman–Crippen MR) is 157 cm³/mol. The number of ether oxygens (including phenoxy) is 3. The fourth-order valence-corrected chi connectivity index (χ4v) is 5.71. The number of thioether (sulfide) groups is 1. The lowest BCUT2D eigenvalue weighted by Crippen LogP contribution is -2.25. The average molecular weight is 562 g/mol. The third-order valence-electron chi connectivity index (χ3n) is 6.89. The van der Waals surface area contributed by atoms with Crippen LogP contribution in [-0.2, 0) is 27.4 Å². The molecule has 8 heteroatoms. The van der Waals surface area contributed by atoms with Crippen LogP contribution in [0.25, 0.3) is 11.1 Å². The molecule has 1 saturated heterocycles. The molecule has 1 aliphatic rings. The van der Waals surface area contributed by atoms with Gasteiger partial charge in [0.15, 0.2) is 0 Å². The molecule has 0 aromatic heterocycles. The normalized spacial score (nSPS) is 15.5. The maximum absolute atomic E-state index is 11.8. The van der Waals surface area contributed by atoms with Gasteiger partial charge in [0.2, 0.25) is 5.91 Å². The number of aryl methyl sites for hydroxylation is 2. The van der Waals surface area contributed by atoms with Gasteiger partial charge in [-0.2, -0.15) is 0 Å². The van der Waals surface area contributed by atoms with E-state index in [-0.39, 0.29) is 28.5 Å². The van der Waals surface area contributed by atoms with E-state index in [1.165, 1.54) is 12.5 Å². The zero-order valence-corrected chi connectivity index (χ0v) is 24.4. The fraction of sp³-hybridized carbons (Fsp3) is 0.344. The Morgan fingerprint density at radius 3 is 2.30 bits per heavy atom.